The molecular weight excluding hydrogens is 356 g/mol. The minimum Gasteiger partial charge on any atom is -0.495 e. The standard InChI is InChI=1S/C18H21ClN4O3/c1-25-15-9-16(26-2)14(8-13(15)19)22-18(24)12-4-3-7-23(11-12)17-10-20-5-6-21-17/h5-6,8-10,12H,3-4,7,11H2,1-2H3,(H,22,24). The topological polar surface area (TPSA) is 76.6 Å². The lowest BCUT2D eigenvalue weighted by Gasteiger charge is -2.32. The molecule has 8 heteroatoms. The van der Waals surface area contributed by atoms with Gasteiger partial charge < -0.3 is 19.7 Å². The summed E-state index contributed by atoms with van der Waals surface area (Å²) in [5.74, 6) is 1.55. The van der Waals surface area contributed by atoms with Crippen LogP contribution in [0.3, 0.4) is 0 Å². The van der Waals surface area contributed by atoms with Crippen LogP contribution in [0.4, 0.5) is 11.5 Å². The Morgan fingerprint density at radius 2 is 2.08 bits per heavy atom. The van der Waals surface area contributed by atoms with Gasteiger partial charge in [-0.15, -0.1) is 0 Å². The number of nitrogens with zero attached hydrogens (tertiary/aromatic N) is 3. The Kier molecular flexibility index (Phi) is 5.78. The molecule has 1 amide bonds. The van der Waals surface area contributed by atoms with Crippen LogP contribution in [0.5, 0.6) is 11.5 Å². The summed E-state index contributed by atoms with van der Waals surface area (Å²) in [6, 6.07) is 3.30. The van der Waals surface area contributed by atoms with Gasteiger partial charge in [0.2, 0.25) is 5.91 Å². The third-order valence-corrected chi connectivity index (χ3v) is 4.69. The van der Waals surface area contributed by atoms with Crippen LogP contribution in [0, 0.1) is 5.92 Å². The van der Waals surface area contributed by atoms with E-state index < -0.39 is 0 Å². The van der Waals surface area contributed by atoms with E-state index in [0.29, 0.717) is 28.8 Å². The van der Waals surface area contributed by atoms with Gasteiger partial charge in [-0.05, 0) is 18.9 Å². The highest BCUT2D eigenvalue weighted by Gasteiger charge is 2.27. The van der Waals surface area contributed by atoms with Crippen LogP contribution in [0.1, 0.15) is 12.8 Å². The van der Waals surface area contributed by atoms with Crippen molar-refractivity contribution in [1.82, 2.24) is 9.97 Å². The number of rotatable bonds is 5. The predicted octanol–water partition coefficient (Wildman–Crippen LogP) is 3.00. The van der Waals surface area contributed by atoms with Gasteiger partial charge in [0, 0.05) is 31.5 Å². The Bertz CT molecular complexity index is 773. The number of amides is 1. The zero-order valence-electron chi connectivity index (χ0n) is 14.7. The fourth-order valence-electron chi connectivity index (χ4n) is 3.05. The van der Waals surface area contributed by atoms with Crippen molar-refractivity contribution in [3.8, 4) is 11.5 Å². The summed E-state index contributed by atoms with van der Waals surface area (Å²) in [6.45, 7) is 1.46. The lowest BCUT2D eigenvalue weighted by molar-refractivity contribution is -0.120. The van der Waals surface area contributed by atoms with Gasteiger partial charge in [-0.2, -0.15) is 0 Å². The van der Waals surface area contributed by atoms with Crippen LogP contribution in [0.25, 0.3) is 0 Å². The molecule has 7 nitrogen and oxygen atoms in total. The van der Waals surface area contributed by atoms with Crippen molar-refractivity contribution in [2.45, 2.75) is 12.8 Å². The number of hydrogen-bond donors (Lipinski definition) is 1. The number of carbonyl (C=O) groups is 1. The average Bonchev–Trinajstić information content (AvgIpc) is 2.69. The maximum Gasteiger partial charge on any atom is 0.229 e. The smallest absolute Gasteiger partial charge is 0.229 e. The molecule has 3 rings (SSSR count). The minimum absolute atomic E-state index is 0.0712. The van der Waals surface area contributed by atoms with E-state index in [-0.39, 0.29) is 11.8 Å². The zero-order valence-corrected chi connectivity index (χ0v) is 15.5. The van der Waals surface area contributed by atoms with Gasteiger partial charge >= 0.3 is 0 Å². The van der Waals surface area contributed by atoms with E-state index in [1.807, 2.05) is 0 Å². The number of aromatic nitrogens is 2. The first-order chi connectivity index (χ1) is 12.6. The zero-order chi connectivity index (χ0) is 18.5. The maximum atomic E-state index is 12.8. The second-order valence-corrected chi connectivity index (χ2v) is 6.43. The Hall–Kier alpha value is -2.54. The van der Waals surface area contributed by atoms with Crippen molar-refractivity contribution in [3.05, 3.63) is 35.7 Å². The van der Waals surface area contributed by atoms with Crippen molar-refractivity contribution in [1.29, 1.82) is 0 Å². The first-order valence-corrected chi connectivity index (χ1v) is 8.73. The molecule has 0 radical (unpaired) electrons. The summed E-state index contributed by atoms with van der Waals surface area (Å²) >= 11 is 6.18. The number of carbonyl (C=O) groups excluding carboxylic acids is 1. The van der Waals surface area contributed by atoms with Gasteiger partial charge in [0.1, 0.15) is 17.3 Å². The van der Waals surface area contributed by atoms with Crippen LogP contribution in [-0.4, -0.2) is 43.2 Å². The highest BCUT2D eigenvalue weighted by Crippen LogP contribution is 2.36. The van der Waals surface area contributed by atoms with E-state index >= 15 is 0 Å². The van der Waals surface area contributed by atoms with Gasteiger partial charge in [-0.1, -0.05) is 11.6 Å². The molecule has 1 aromatic carbocycles. The second-order valence-electron chi connectivity index (χ2n) is 6.03. The number of benzene rings is 1. The molecule has 1 unspecified atom stereocenters. The molecule has 2 heterocycles. The molecule has 1 atom stereocenters. The summed E-state index contributed by atoms with van der Waals surface area (Å²) < 4.78 is 10.5. The Labute approximate surface area is 157 Å². The minimum atomic E-state index is -0.156. The molecule has 0 saturated carbocycles. The predicted molar refractivity (Wildman–Crippen MR) is 100 cm³/mol. The molecule has 1 aliphatic rings. The number of halogens is 1. The van der Waals surface area contributed by atoms with Crippen LogP contribution in [0.2, 0.25) is 5.02 Å². The highest BCUT2D eigenvalue weighted by atomic mass is 35.5. The van der Waals surface area contributed by atoms with Crippen molar-refractivity contribution < 1.29 is 14.3 Å². The average molecular weight is 377 g/mol. The summed E-state index contributed by atoms with van der Waals surface area (Å²) in [5.41, 5.74) is 0.528. The van der Waals surface area contributed by atoms with Crippen molar-refractivity contribution in [3.63, 3.8) is 0 Å². The third kappa shape index (κ3) is 3.99. The number of methoxy groups -OCH3 is 2. The fraction of sp³-hybridized carbons (Fsp3) is 0.389. The summed E-state index contributed by atoms with van der Waals surface area (Å²) in [4.78, 5) is 23.3. The molecule has 26 heavy (non-hydrogen) atoms. The van der Waals surface area contributed by atoms with Gasteiger partial charge in [-0.3, -0.25) is 9.78 Å². The van der Waals surface area contributed by atoms with E-state index in [1.165, 1.54) is 14.2 Å². The number of anilines is 2. The van der Waals surface area contributed by atoms with Crippen molar-refractivity contribution in [2.75, 3.05) is 37.5 Å². The Morgan fingerprint density at radius 3 is 2.77 bits per heavy atom. The van der Waals surface area contributed by atoms with Crippen LogP contribution >= 0.6 is 11.6 Å². The van der Waals surface area contributed by atoms with Crippen LogP contribution < -0.4 is 19.7 Å². The quantitative estimate of drug-likeness (QED) is 0.864. The van der Waals surface area contributed by atoms with E-state index in [0.717, 1.165) is 25.2 Å². The molecule has 2 aromatic rings. The number of nitrogens with one attached hydrogen (secondary N) is 1. The maximum absolute atomic E-state index is 12.8. The van der Waals surface area contributed by atoms with Crippen LogP contribution in [0.15, 0.2) is 30.7 Å². The molecule has 1 saturated heterocycles. The molecular formula is C18H21ClN4O3. The summed E-state index contributed by atoms with van der Waals surface area (Å²) in [7, 11) is 3.07. The fourth-order valence-corrected chi connectivity index (χ4v) is 3.29. The normalized spacial score (nSPS) is 16.9. The molecule has 1 fully saturated rings. The number of hydrogen-bond acceptors (Lipinski definition) is 6. The monoisotopic (exact) mass is 376 g/mol. The Balaban J connectivity index is 1.73. The molecule has 0 aliphatic carbocycles. The lowest BCUT2D eigenvalue weighted by Crippen LogP contribution is -2.41. The van der Waals surface area contributed by atoms with E-state index in [1.54, 1.807) is 30.7 Å². The molecule has 0 bridgehead atoms. The van der Waals surface area contributed by atoms with E-state index in [2.05, 4.69) is 20.2 Å². The Morgan fingerprint density at radius 1 is 1.27 bits per heavy atom. The lowest BCUT2D eigenvalue weighted by atomic mass is 9.97. The summed E-state index contributed by atoms with van der Waals surface area (Å²) in [6.07, 6.45) is 6.73. The molecule has 0 spiro atoms. The molecule has 1 aromatic heterocycles. The van der Waals surface area contributed by atoms with E-state index in [4.69, 9.17) is 21.1 Å². The van der Waals surface area contributed by atoms with Crippen LogP contribution in [-0.2, 0) is 4.79 Å². The third-order valence-electron chi connectivity index (χ3n) is 4.40. The second kappa shape index (κ2) is 8.23. The highest BCUT2D eigenvalue weighted by molar-refractivity contribution is 6.32. The van der Waals surface area contributed by atoms with Gasteiger partial charge in [-0.25, -0.2) is 4.98 Å². The van der Waals surface area contributed by atoms with Crippen molar-refractivity contribution in [2.24, 2.45) is 5.92 Å². The largest absolute Gasteiger partial charge is 0.495 e. The first kappa shape index (κ1) is 18.3. The number of piperidine rings is 1. The van der Waals surface area contributed by atoms with Crippen molar-refractivity contribution >= 4 is 29.0 Å². The van der Waals surface area contributed by atoms with Gasteiger partial charge in [0.25, 0.3) is 0 Å². The SMILES string of the molecule is COc1cc(OC)c(NC(=O)C2CCCN(c3cnccn3)C2)cc1Cl. The summed E-state index contributed by atoms with van der Waals surface area (Å²) in [5, 5.41) is 3.34. The molecule has 138 valence electrons. The van der Waals surface area contributed by atoms with Gasteiger partial charge in [0.05, 0.1) is 37.0 Å². The van der Waals surface area contributed by atoms with E-state index in [9.17, 15) is 4.79 Å². The number of ether oxygens (including phenoxy) is 2. The molecule has 1 aliphatic heterocycles. The van der Waals surface area contributed by atoms with Gasteiger partial charge in [0.15, 0.2) is 0 Å². The molecule has 1 N–H and O–H groups in total. The first-order valence-electron chi connectivity index (χ1n) is 8.35.